The van der Waals surface area contributed by atoms with Crippen LogP contribution in [0.2, 0.25) is 0 Å². The minimum atomic E-state index is 0.299. The van der Waals surface area contributed by atoms with Gasteiger partial charge >= 0.3 is 0 Å². The summed E-state index contributed by atoms with van der Waals surface area (Å²) >= 11 is 5.45. The van der Waals surface area contributed by atoms with Gasteiger partial charge < -0.3 is 5.21 Å². The number of alkyl halides is 1. The molecule has 0 heterocycles. The van der Waals surface area contributed by atoms with Crippen molar-refractivity contribution in [2.45, 2.75) is 20.3 Å². The number of rotatable bonds is 3. The smallest absolute Gasteiger partial charge is 0.0746 e. The Hall–Kier alpha value is -0.240. The van der Waals surface area contributed by atoms with Crippen molar-refractivity contribution in [1.82, 2.24) is 0 Å². The predicted octanol–water partition coefficient (Wildman–Crippen LogP) is 2.10. The Morgan fingerprint density at radius 2 is 2.33 bits per heavy atom. The highest BCUT2D eigenvalue weighted by Crippen LogP contribution is 2.04. The summed E-state index contributed by atoms with van der Waals surface area (Å²) in [6.45, 7) is 4.01. The third-order valence-electron chi connectivity index (χ3n) is 1.45. The van der Waals surface area contributed by atoms with Crippen LogP contribution >= 0.6 is 11.6 Å². The number of halogens is 1. The molecule has 1 N–H and O–H groups in total. The largest absolute Gasteiger partial charge is 0.411 e. The summed E-state index contributed by atoms with van der Waals surface area (Å²) < 4.78 is 0. The van der Waals surface area contributed by atoms with Crippen molar-refractivity contribution >= 4 is 17.3 Å². The highest BCUT2D eigenvalue weighted by molar-refractivity contribution is 6.28. The Balaban J connectivity index is 3.80. The van der Waals surface area contributed by atoms with Crippen molar-refractivity contribution in [3.8, 4) is 0 Å². The molecule has 1 unspecified atom stereocenters. The quantitative estimate of drug-likeness (QED) is 0.284. The van der Waals surface area contributed by atoms with Gasteiger partial charge in [0.15, 0.2) is 0 Å². The summed E-state index contributed by atoms with van der Waals surface area (Å²) in [6, 6.07) is 0. The van der Waals surface area contributed by atoms with Crippen molar-refractivity contribution < 1.29 is 5.21 Å². The lowest BCUT2D eigenvalue weighted by atomic mass is 10.1. The standard InChI is InChI=1S/C6H12ClNO/c1-3-5(2)6(4-7)8-9/h5,9H,3-4H2,1-2H3/b8-6-. The topological polar surface area (TPSA) is 32.6 Å². The zero-order valence-corrected chi connectivity index (χ0v) is 6.52. The molecule has 0 aliphatic carbocycles. The molecule has 0 saturated heterocycles. The van der Waals surface area contributed by atoms with Gasteiger partial charge in [0.1, 0.15) is 0 Å². The molecule has 0 saturated carbocycles. The summed E-state index contributed by atoms with van der Waals surface area (Å²) in [5, 5.41) is 11.4. The van der Waals surface area contributed by atoms with Gasteiger partial charge in [0.25, 0.3) is 0 Å². The van der Waals surface area contributed by atoms with Gasteiger partial charge in [-0.1, -0.05) is 19.0 Å². The molecule has 0 aliphatic rings. The van der Waals surface area contributed by atoms with E-state index in [9.17, 15) is 0 Å². The van der Waals surface area contributed by atoms with E-state index in [-0.39, 0.29) is 0 Å². The Morgan fingerprint density at radius 1 is 1.78 bits per heavy atom. The van der Waals surface area contributed by atoms with Gasteiger partial charge in [0, 0.05) is 0 Å². The van der Waals surface area contributed by atoms with Gasteiger partial charge in [-0.3, -0.25) is 0 Å². The maximum atomic E-state index is 8.33. The Kier molecular flexibility index (Phi) is 4.50. The van der Waals surface area contributed by atoms with Crippen LogP contribution in [0.5, 0.6) is 0 Å². The first-order valence-electron chi connectivity index (χ1n) is 3.03. The summed E-state index contributed by atoms with van der Waals surface area (Å²) in [5.74, 6) is 0.624. The average molecular weight is 150 g/mol. The molecule has 0 amide bonds. The number of hydrogen-bond acceptors (Lipinski definition) is 2. The van der Waals surface area contributed by atoms with E-state index in [1.807, 2.05) is 13.8 Å². The molecule has 0 aliphatic heterocycles. The SMILES string of the molecule is CCC(C)/C(CCl)=N\O. The second kappa shape index (κ2) is 4.62. The van der Waals surface area contributed by atoms with E-state index in [0.29, 0.717) is 17.5 Å². The lowest BCUT2D eigenvalue weighted by molar-refractivity contribution is 0.315. The molecule has 0 radical (unpaired) electrons. The van der Waals surface area contributed by atoms with Gasteiger partial charge in [-0.15, -0.1) is 11.6 Å². The first kappa shape index (κ1) is 8.76. The average Bonchev–Trinajstić information content (AvgIpc) is 1.90. The van der Waals surface area contributed by atoms with Gasteiger partial charge in [-0.25, -0.2) is 0 Å². The predicted molar refractivity (Wildman–Crippen MR) is 39.4 cm³/mol. The number of oxime groups is 1. The van der Waals surface area contributed by atoms with Crippen LogP contribution in [0.1, 0.15) is 20.3 Å². The number of nitrogens with zero attached hydrogens (tertiary/aromatic N) is 1. The Labute approximate surface area is 60.5 Å². The third-order valence-corrected chi connectivity index (χ3v) is 1.72. The molecule has 0 aromatic carbocycles. The van der Waals surface area contributed by atoms with Crippen molar-refractivity contribution in [3.05, 3.63) is 0 Å². The maximum Gasteiger partial charge on any atom is 0.0746 e. The van der Waals surface area contributed by atoms with Crippen LogP contribution in [0.3, 0.4) is 0 Å². The molecule has 0 bridgehead atoms. The summed E-state index contributed by atoms with van der Waals surface area (Å²) in [5.41, 5.74) is 0.666. The van der Waals surface area contributed by atoms with Crippen LogP contribution in [-0.4, -0.2) is 16.8 Å². The molecule has 9 heavy (non-hydrogen) atoms. The highest BCUT2D eigenvalue weighted by Gasteiger charge is 2.06. The second-order valence-corrected chi connectivity index (χ2v) is 2.30. The molecular weight excluding hydrogens is 138 g/mol. The lowest BCUT2D eigenvalue weighted by Gasteiger charge is -2.05. The molecule has 1 atom stereocenters. The first-order chi connectivity index (χ1) is 4.26. The van der Waals surface area contributed by atoms with Gasteiger partial charge in [0.2, 0.25) is 0 Å². The molecule has 0 rings (SSSR count). The zero-order chi connectivity index (χ0) is 7.28. The fourth-order valence-electron chi connectivity index (χ4n) is 0.493. The van der Waals surface area contributed by atoms with Crippen LogP contribution in [-0.2, 0) is 0 Å². The van der Waals surface area contributed by atoms with E-state index < -0.39 is 0 Å². The fraction of sp³-hybridized carbons (Fsp3) is 0.833. The monoisotopic (exact) mass is 149 g/mol. The Morgan fingerprint density at radius 3 is 2.44 bits per heavy atom. The minimum absolute atomic E-state index is 0.299. The van der Waals surface area contributed by atoms with Crippen LogP contribution in [0.25, 0.3) is 0 Å². The van der Waals surface area contributed by atoms with E-state index in [4.69, 9.17) is 16.8 Å². The van der Waals surface area contributed by atoms with Gasteiger partial charge in [-0.05, 0) is 12.3 Å². The zero-order valence-electron chi connectivity index (χ0n) is 5.76. The third kappa shape index (κ3) is 2.70. The van der Waals surface area contributed by atoms with E-state index in [1.165, 1.54) is 0 Å². The molecule has 0 fully saturated rings. The molecule has 2 nitrogen and oxygen atoms in total. The lowest BCUT2D eigenvalue weighted by Crippen LogP contribution is -2.11. The molecule has 0 aromatic rings. The normalized spacial score (nSPS) is 15.7. The van der Waals surface area contributed by atoms with Gasteiger partial charge in [0.05, 0.1) is 11.6 Å². The highest BCUT2D eigenvalue weighted by atomic mass is 35.5. The second-order valence-electron chi connectivity index (χ2n) is 2.03. The van der Waals surface area contributed by atoms with Gasteiger partial charge in [-0.2, -0.15) is 0 Å². The molecule has 54 valence electrons. The first-order valence-corrected chi connectivity index (χ1v) is 3.56. The van der Waals surface area contributed by atoms with E-state index >= 15 is 0 Å². The minimum Gasteiger partial charge on any atom is -0.411 e. The van der Waals surface area contributed by atoms with Crippen molar-refractivity contribution in [2.75, 3.05) is 5.88 Å². The van der Waals surface area contributed by atoms with Crippen LogP contribution in [0.15, 0.2) is 5.16 Å². The summed E-state index contributed by atoms with van der Waals surface area (Å²) in [7, 11) is 0. The van der Waals surface area contributed by atoms with Crippen molar-refractivity contribution in [2.24, 2.45) is 11.1 Å². The number of hydrogen-bond donors (Lipinski definition) is 1. The fourth-order valence-corrected chi connectivity index (χ4v) is 0.809. The molecule has 0 aromatic heterocycles. The maximum absolute atomic E-state index is 8.33. The van der Waals surface area contributed by atoms with E-state index in [0.717, 1.165) is 6.42 Å². The van der Waals surface area contributed by atoms with Crippen LogP contribution < -0.4 is 0 Å². The van der Waals surface area contributed by atoms with E-state index in [1.54, 1.807) is 0 Å². The van der Waals surface area contributed by atoms with Crippen molar-refractivity contribution in [1.29, 1.82) is 0 Å². The Bertz CT molecular complexity index is 103. The summed E-state index contributed by atoms with van der Waals surface area (Å²) in [4.78, 5) is 0. The summed E-state index contributed by atoms with van der Waals surface area (Å²) in [6.07, 6.45) is 0.964. The van der Waals surface area contributed by atoms with E-state index in [2.05, 4.69) is 5.16 Å². The molecular formula is C6H12ClNO. The van der Waals surface area contributed by atoms with Crippen LogP contribution in [0.4, 0.5) is 0 Å². The molecule has 0 spiro atoms. The molecule has 3 heteroatoms. The van der Waals surface area contributed by atoms with Crippen LogP contribution in [0, 0.1) is 5.92 Å². The van der Waals surface area contributed by atoms with Crippen molar-refractivity contribution in [3.63, 3.8) is 0 Å².